The molecule has 2 aromatic rings. The van der Waals surface area contributed by atoms with Gasteiger partial charge >= 0.3 is 13.8 Å². The fourth-order valence-electron chi connectivity index (χ4n) is 2.39. The summed E-state index contributed by atoms with van der Waals surface area (Å²) in [6, 6.07) is 5.19. The summed E-state index contributed by atoms with van der Waals surface area (Å²) >= 11 is 0. The molecule has 1 aromatic carbocycles. The van der Waals surface area contributed by atoms with Gasteiger partial charge in [-0.2, -0.15) is 0 Å². The zero-order chi connectivity index (χ0) is 18.4. The molecule has 0 bridgehead atoms. The van der Waals surface area contributed by atoms with E-state index in [1.165, 1.54) is 0 Å². The second kappa shape index (κ2) is 8.49. The number of aliphatic carboxylic acids is 1. The number of nitrogens with one attached hydrogen (secondary N) is 1. The molecule has 9 heteroatoms. The third-order valence-corrected chi connectivity index (χ3v) is 4.52. The molecule has 0 aliphatic carbocycles. The normalized spacial score (nSPS) is 13.9. The molecule has 1 heterocycles. The number of likely N-dealkylation sites (N-methyl/N-ethyl adjacent to an activating group) is 1. The Balaban J connectivity index is 2.12. The second-order valence-corrected chi connectivity index (χ2v) is 7.31. The van der Waals surface area contributed by atoms with Crippen LogP contribution in [0.2, 0.25) is 0 Å². The molecule has 138 valence electrons. The maximum Gasteiger partial charge on any atom is 0.527 e. The average molecular weight is 370 g/mol. The van der Waals surface area contributed by atoms with E-state index in [0.717, 1.165) is 29.4 Å². The summed E-state index contributed by atoms with van der Waals surface area (Å²) in [5.74, 6) is -0.725. The highest BCUT2D eigenvalue weighted by Gasteiger charge is 2.25. The number of fused-ring (bicyclic) bond motifs is 1. The van der Waals surface area contributed by atoms with Crippen LogP contribution in [-0.2, 0) is 20.3 Å². The Kier molecular flexibility index (Phi) is 6.61. The Morgan fingerprint density at radius 2 is 2.12 bits per heavy atom. The SMILES string of the molecule is CN(C)CCc1c[nH]c2cccc(OP(=O)(O)OCCCC(=O)O)c12. The molecule has 2 rings (SSSR count). The van der Waals surface area contributed by atoms with E-state index < -0.39 is 13.8 Å². The number of phosphoric acid groups is 1. The summed E-state index contributed by atoms with van der Waals surface area (Å²) < 4.78 is 22.2. The van der Waals surface area contributed by atoms with Gasteiger partial charge in [0.25, 0.3) is 0 Å². The highest BCUT2D eigenvalue weighted by Crippen LogP contribution is 2.46. The van der Waals surface area contributed by atoms with Crippen molar-refractivity contribution in [2.24, 2.45) is 0 Å². The number of aromatic amines is 1. The smallest absolute Gasteiger partial charge is 0.481 e. The van der Waals surface area contributed by atoms with E-state index in [1.54, 1.807) is 12.1 Å². The molecule has 0 amide bonds. The number of rotatable bonds is 10. The minimum atomic E-state index is -4.33. The third kappa shape index (κ3) is 5.86. The number of H-pyrrole nitrogens is 1. The highest BCUT2D eigenvalue weighted by molar-refractivity contribution is 7.47. The van der Waals surface area contributed by atoms with Gasteiger partial charge in [-0.3, -0.25) is 14.2 Å². The lowest BCUT2D eigenvalue weighted by Crippen LogP contribution is -2.14. The maximum atomic E-state index is 12.1. The Morgan fingerprint density at radius 3 is 2.80 bits per heavy atom. The number of nitrogens with zero attached hydrogens (tertiary/aromatic N) is 1. The summed E-state index contributed by atoms with van der Waals surface area (Å²) in [7, 11) is -0.387. The lowest BCUT2D eigenvalue weighted by atomic mass is 10.1. The van der Waals surface area contributed by atoms with Gasteiger partial charge < -0.3 is 19.5 Å². The number of carboxylic acid groups (broad SMARTS) is 1. The number of hydrogen-bond donors (Lipinski definition) is 3. The second-order valence-electron chi connectivity index (χ2n) is 5.94. The van der Waals surface area contributed by atoms with Crippen molar-refractivity contribution in [1.82, 2.24) is 9.88 Å². The number of carbonyl (C=O) groups is 1. The van der Waals surface area contributed by atoms with Gasteiger partial charge in [0.1, 0.15) is 5.75 Å². The van der Waals surface area contributed by atoms with E-state index in [9.17, 15) is 14.3 Å². The maximum absolute atomic E-state index is 12.1. The van der Waals surface area contributed by atoms with Gasteiger partial charge in [0.05, 0.1) is 6.61 Å². The summed E-state index contributed by atoms with van der Waals surface area (Å²) in [5, 5.41) is 9.31. The minimum absolute atomic E-state index is 0.131. The lowest BCUT2D eigenvalue weighted by molar-refractivity contribution is -0.137. The van der Waals surface area contributed by atoms with E-state index in [2.05, 4.69) is 4.98 Å². The summed E-state index contributed by atoms with van der Waals surface area (Å²) in [5.41, 5.74) is 1.78. The van der Waals surface area contributed by atoms with Crippen LogP contribution >= 0.6 is 7.82 Å². The van der Waals surface area contributed by atoms with E-state index >= 15 is 0 Å². The van der Waals surface area contributed by atoms with Crippen molar-refractivity contribution in [1.29, 1.82) is 0 Å². The summed E-state index contributed by atoms with van der Waals surface area (Å²) in [4.78, 5) is 25.5. The molecule has 0 saturated heterocycles. The van der Waals surface area contributed by atoms with Crippen molar-refractivity contribution in [2.45, 2.75) is 19.3 Å². The van der Waals surface area contributed by atoms with Gasteiger partial charge in [-0.15, -0.1) is 0 Å². The summed E-state index contributed by atoms with van der Waals surface area (Å²) in [6.07, 6.45) is 2.60. The van der Waals surface area contributed by atoms with Crippen LogP contribution in [0.3, 0.4) is 0 Å². The zero-order valence-corrected chi connectivity index (χ0v) is 15.2. The summed E-state index contributed by atoms with van der Waals surface area (Å²) in [6.45, 7) is 0.653. The monoisotopic (exact) mass is 370 g/mol. The minimum Gasteiger partial charge on any atom is -0.481 e. The molecular formula is C16H23N2O6P. The van der Waals surface area contributed by atoms with Gasteiger partial charge in [-0.25, -0.2) is 4.57 Å². The molecule has 0 spiro atoms. The van der Waals surface area contributed by atoms with Crippen LogP contribution in [0.1, 0.15) is 18.4 Å². The predicted octanol–water partition coefficient (Wildman–Crippen LogP) is 2.63. The first-order chi connectivity index (χ1) is 11.8. The Morgan fingerprint density at radius 1 is 1.36 bits per heavy atom. The molecule has 8 nitrogen and oxygen atoms in total. The Labute approximate surface area is 146 Å². The van der Waals surface area contributed by atoms with Crippen molar-refractivity contribution < 1.29 is 28.4 Å². The standard InChI is InChI=1S/C16H23N2O6P/c1-18(2)9-8-12-11-17-13-5-3-6-14(16(12)13)24-25(21,22)23-10-4-7-15(19)20/h3,5-6,11,17H,4,7-10H2,1-2H3,(H,19,20)(H,21,22). The Hall–Kier alpha value is -1.86. The first-order valence-electron chi connectivity index (χ1n) is 7.91. The Bertz CT molecular complexity index is 773. The largest absolute Gasteiger partial charge is 0.527 e. The van der Waals surface area contributed by atoms with Crippen molar-refractivity contribution >= 4 is 24.7 Å². The van der Waals surface area contributed by atoms with Crippen LogP contribution in [0, 0.1) is 0 Å². The van der Waals surface area contributed by atoms with Gasteiger partial charge in [0.15, 0.2) is 0 Å². The molecule has 1 aromatic heterocycles. The molecule has 0 aliphatic rings. The topological polar surface area (TPSA) is 112 Å². The van der Waals surface area contributed by atoms with Gasteiger partial charge in [0.2, 0.25) is 0 Å². The molecular weight excluding hydrogens is 347 g/mol. The lowest BCUT2D eigenvalue weighted by Gasteiger charge is -2.15. The molecule has 0 saturated carbocycles. The van der Waals surface area contributed by atoms with Gasteiger partial charge in [0, 0.05) is 30.1 Å². The molecule has 0 radical (unpaired) electrons. The van der Waals surface area contributed by atoms with Crippen LogP contribution in [0.15, 0.2) is 24.4 Å². The molecule has 25 heavy (non-hydrogen) atoms. The predicted molar refractivity (Wildman–Crippen MR) is 93.8 cm³/mol. The quantitative estimate of drug-likeness (QED) is 0.435. The van der Waals surface area contributed by atoms with Crippen LogP contribution in [0.4, 0.5) is 0 Å². The molecule has 3 N–H and O–H groups in total. The average Bonchev–Trinajstić information content (AvgIpc) is 2.93. The van der Waals surface area contributed by atoms with Crippen LogP contribution in [0.5, 0.6) is 5.75 Å². The zero-order valence-electron chi connectivity index (χ0n) is 14.3. The molecule has 1 atom stereocenters. The van der Waals surface area contributed by atoms with Crippen molar-refractivity contribution in [3.63, 3.8) is 0 Å². The first-order valence-corrected chi connectivity index (χ1v) is 9.40. The van der Waals surface area contributed by atoms with Crippen LogP contribution in [-0.4, -0.2) is 53.1 Å². The molecule has 0 aliphatic heterocycles. The van der Waals surface area contributed by atoms with E-state index in [4.69, 9.17) is 14.2 Å². The first kappa shape index (κ1) is 19.5. The number of aromatic nitrogens is 1. The number of hydrogen-bond acceptors (Lipinski definition) is 5. The molecule has 0 fully saturated rings. The fourth-order valence-corrected chi connectivity index (χ4v) is 3.20. The molecule has 1 unspecified atom stereocenters. The van der Waals surface area contributed by atoms with E-state index in [0.29, 0.717) is 0 Å². The highest BCUT2D eigenvalue weighted by atomic mass is 31.2. The third-order valence-electron chi connectivity index (χ3n) is 3.58. The number of carboxylic acids is 1. The number of phosphoric ester groups is 1. The van der Waals surface area contributed by atoms with Crippen LogP contribution in [0.25, 0.3) is 10.9 Å². The van der Waals surface area contributed by atoms with Gasteiger partial charge in [-0.1, -0.05) is 6.07 Å². The van der Waals surface area contributed by atoms with Crippen LogP contribution < -0.4 is 4.52 Å². The van der Waals surface area contributed by atoms with Crippen molar-refractivity contribution in [2.75, 3.05) is 27.2 Å². The van der Waals surface area contributed by atoms with E-state index in [1.807, 2.05) is 31.3 Å². The van der Waals surface area contributed by atoms with Crippen molar-refractivity contribution in [3.05, 3.63) is 30.0 Å². The number of benzene rings is 1. The van der Waals surface area contributed by atoms with Gasteiger partial charge in [-0.05, 0) is 44.6 Å². The van der Waals surface area contributed by atoms with Crippen molar-refractivity contribution in [3.8, 4) is 5.75 Å². The van der Waals surface area contributed by atoms with E-state index in [-0.39, 0.29) is 25.2 Å². The fraction of sp³-hybridized carbons (Fsp3) is 0.438.